The van der Waals surface area contributed by atoms with E-state index in [0.717, 1.165) is 23.4 Å². The van der Waals surface area contributed by atoms with Crippen molar-refractivity contribution in [1.29, 1.82) is 0 Å². The molecule has 22 heavy (non-hydrogen) atoms. The number of hydrogen-bond acceptors (Lipinski definition) is 3. The summed E-state index contributed by atoms with van der Waals surface area (Å²) in [6, 6.07) is 11.4. The lowest BCUT2D eigenvalue weighted by Crippen LogP contribution is -2.30. The molecule has 0 radical (unpaired) electrons. The second kappa shape index (κ2) is 7.92. The van der Waals surface area contributed by atoms with E-state index in [1.165, 1.54) is 0 Å². The maximum Gasteiger partial charge on any atom is 0.238 e. The molecule has 0 aliphatic rings. The van der Waals surface area contributed by atoms with Crippen molar-refractivity contribution in [2.45, 2.75) is 19.9 Å². The van der Waals surface area contributed by atoms with Crippen LogP contribution in [0.2, 0.25) is 5.02 Å². The fraction of sp³-hybridized carbons (Fsp3) is 0.294. The molecular weight excluding hydrogens is 298 g/mol. The Morgan fingerprint density at radius 3 is 2.77 bits per heavy atom. The molecular formula is C17H20ClN3O. The van der Waals surface area contributed by atoms with Gasteiger partial charge in [-0.05, 0) is 37.2 Å². The number of para-hydroxylation sites is 1. The minimum absolute atomic E-state index is 0.0459. The second-order valence-corrected chi connectivity index (χ2v) is 5.57. The number of hydrogen-bond donors (Lipinski definition) is 1. The zero-order valence-electron chi connectivity index (χ0n) is 12.8. The summed E-state index contributed by atoms with van der Waals surface area (Å²) in [5.74, 6) is -0.0459. The second-order valence-electron chi connectivity index (χ2n) is 5.16. The number of aromatic nitrogens is 1. The number of halogens is 1. The summed E-state index contributed by atoms with van der Waals surface area (Å²) < 4.78 is 0. The highest BCUT2D eigenvalue weighted by Crippen LogP contribution is 2.16. The van der Waals surface area contributed by atoms with Crippen LogP contribution >= 0.6 is 11.6 Å². The first kappa shape index (κ1) is 16.5. The van der Waals surface area contributed by atoms with Crippen LogP contribution in [0.15, 0.2) is 42.6 Å². The number of carbonyl (C=O) groups is 1. The van der Waals surface area contributed by atoms with Gasteiger partial charge in [-0.15, -0.1) is 0 Å². The first-order chi connectivity index (χ1) is 10.6. The van der Waals surface area contributed by atoms with Crippen molar-refractivity contribution >= 4 is 23.2 Å². The van der Waals surface area contributed by atoms with Crippen molar-refractivity contribution < 1.29 is 4.79 Å². The normalized spacial score (nSPS) is 10.7. The molecule has 1 aromatic carbocycles. The number of rotatable bonds is 6. The molecule has 0 saturated heterocycles. The number of nitrogens with zero attached hydrogens (tertiary/aromatic N) is 2. The monoisotopic (exact) mass is 317 g/mol. The number of aryl methyl sites for hydroxylation is 1. The van der Waals surface area contributed by atoms with Crippen LogP contribution in [-0.4, -0.2) is 29.4 Å². The lowest BCUT2D eigenvalue weighted by molar-refractivity contribution is -0.117. The van der Waals surface area contributed by atoms with E-state index in [4.69, 9.17) is 11.6 Å². The molecule has 0 aliphatic heterocycles. The van der Waals surface area contributed by atoms with E-state index in [1.807, 2.05) is 36.2 Å². The summed E-state index contributed by atoms with van der Waals surface area (Å²) in [5.41, 5.74) is 2.78. The van der Waals surface area contributed by atoms with Gasteiger partial charge in [-0.1, -0.05) is 36.7 Å². The Morgan fingerprint density at radius 2 is 2.05 bits per heavy atom. The molecule has 5 heteroatoms. The molecule has 0 atom stereocenters. The highest BCUT2D eigenvalue weighted by Gasteiger charge is 2.11. The molecule has 1 aromatic heterocycles. The third-order valence-electron chi connectivity index (χ3n) is 3.34. The number of amides is 1. The van der Waals surface area contributed by atoms with E-state index in [9.17, 15) is 4.79 Å². The van der Waals surface area contributed by atoms with Gasteiger partial charge in [0.05, 0.1) is 17.3 Å². The Kier molecular flexibility index (Phi) is 5.92. The average molecular weight is 318 g/mol. The molecule has 2 aromatic rings. The van der Waals surface area contributed by atoms with Crippen LogP contribution in [0, 0.1) is 0 Å². The minimum Gasteiger partial charge on any atom is -0.325 e. The highest BCUT2D eigenvalue weighted by atomic mass is 35.5. The number of carbonyl (C=O) groups excluding carboxylic acids is 1. The van der Waals surface area contributed by atoms with Gasteiger partial charge >= 0.3 is 0 Å². The largest absolute Gasteiger partial charge is 0.325 e. The molecule has 0 fully saturated rings. The molecule has 2 rings (SSSR count). The Balaban J connectivity index is 1.93. The van der Waals surface area contributed by atoms with Crippen molar-refractivity contribution in [1.82, 2.24) is 9.88 Å². The topological polar surface area (TPSA) is 45.2 Å². The van der Waals surface area contributed by atoms with Crippen molar-refractivity contribution in [2.24, 2.45) is 0 Å². The molecule has 1 amide bonds. The smallest absolute Gasteiger partial charge is 0.238 e. The van der Waals surface area contributed by atoms with Crippen LogP contribution in [0.25, 0.3) is 0 Å². The van der Waals surface area contributed by atoms with Gasteiger partial charge in [0.15, 0.2) is 0 Å². The summed E-state index contributed by atoms with van der Waals surface area (Å²) in [5, 5.41) is 3.58. The van der Waals surface area contributed by atoms with Gasteiger partial charge in [-0.2, -0.15) is 0 Å². The molecule has 0 aliphatic carbocycles. The molecule has 1 heterocycles. The summed E-state index contributed by atoms with van der Waals surface area (Å²) in [7, 11) is 1.87. The lowest BCUT2D eigenvalue weighted by atomic mass is 10.1. The van der Waals surface area contributed by atoms with E-state index in [1.54, 1.807) is 18.3 Å². The van der Waals surface area contributed by atoms with Gasteiger partial charge in [0, 0.05) is 18.4 Å². The van der Waals surface area contributed by atoms with Gasteiger partial charge in [-0.25, -0.2) is 0 Å². The van der Waals surface area contributed by atoms with Gasteiger partial charge in [-0.3, -0.25) is 14.7 Å². The maximum atomic E-state index is 12.2. The Hall–Kier alpha value is -1.91. The molecule has 0 spiro atoms. The minimum atomic E-state index is -0.0459. The third kappa shape index (κ3) is 4.55. The van der Waals surface area contributed by atoms with E-state index in [0.29, 0.717) is 11.6 Å². The van der Waals surface area contributed by atoms with Crippen LogP contribution in [0.5, 0.6) is 0 Å². The first-order valence-corrected chi connectivity index (χ1v) is 7.63. The van der Waals surface area contributed by atoms with Gasteiger partial charge in [0.1, 0.15) is 0 Å². The fourth-order valence-electron chi connectivity index (χ4n) is 2.23. The van der Waals surface area contributed by atoms with Crippen molar-refractivity contribution in [2.75, 3.05) is 18.9 Å². The first-order valence-electron chi connectivity index (χ1n) is 7.26. The SMILES string of the molecule is CCc1ccccc1NC(=O)CN(C)Cc1ncccc1Cl. The third-order valence-corrected chi connectivity index (χ3v) is 3.68. The quantitative estimate of drug-likeness (QED) is 0.888. The molecule has 116 valence electrons. The molecule has 0 saturated carbocycles. The number of benzene rings is 1. The highest BCUT2D eigenvalue weighted by molar-refractivity contribution is 6.31. The zero-order valence-corrected chi connectivity index (χ0v) is 13.6. The predicted octanol–water partition coefficient (Wildman–Crippen LogP) is 3.37. The number of nitrogens with one attached hydrogen (secondary N) is 1. The van der Waals surface area contributed by atoms with Gasteiger partial charge in [0.25, 0.3) is 0 Å². The summed E-state index contributed by atoms with van der Waals surface area (Å²) in [4.78, 5) is 18.3. The molecule has 4 nitrogen and oxygen atoms in total. The maximum absolute atomic E-state index is 12.2. The average Bonchev–Trinajstić information content (AvgIpc) is 2.50. The van der Waals surface area contributed by atoms with Crippen LogP contribution in [-0.2, 0) is 17.8 Å². The van der Waals surface area contributed by atoms with Crippen LogP contribution in [0.4, 0.5) is 5.69 Å². The van der Waals surface area contributed by atoms with Gasteiger partial charge in [0.2, 0.25) is 5.91 Å². The van der Waals surface area contributed by atoms with Crippen molar-refractivity contribution in [3.63, 3.8) is 0 Å². The predicted molar refractivity (Wildman–Crippen MR) is 90.0 cm³/mol. The van der Waals surface area contributed by atoms with Gasteiger partial charge < -0.3 is 5.32 Å². The number of anilines is 1. The van der Waals surface area contributed by atoms with E-state index in [2.05, 4.69) is 17.2 Å². The van der Waals surface area contributed by atoms with Crippen molar-refractivity contribution in [3.8, 4) is 0 Å². The molecule has 0 bridgehead atoms. The molecule has 0 unspecified atom stereocenters. The lowest BCUT2D eigenvalue weighted by Gasteiger charge is -2.17. The van der Waals surface area contributed by atoms with Crippen LogP contribution in [0.3, 0.4) is 0 Å². The van der Waals surface area contributed by atoms with Crippen LogP contribution < -0.4 is 5.32 Å². The number of pyridine rings is 1. The Bertz CT molecular complexity index is 645. The summed E-state index contributed by atoms with van der Waals surface area (Å²) in [6.07, 6.45) is 2.59. The Morgan fingerprint density at radius 1 is 1.27 bits per heavy atom. The van der Waals surface area contributed by atoms with Crippen LogP contribution in [0.1, 0.15) is 18.2 Å². The fourth-order valence-corrected chi connectivity index (χ4v) is 2.41. The number of likely N-dealkylation sites (N-methyl/N-ethyl adjacent to an activating group) is 1. The van der Waals surface area contributed by atoms with E-state index < -0.39 is 0 Å². The van der Waals surface area contributed by atoms with Crippen molar-refractivity contribution in [3.05, 3.63) is 58.9 Å². The van der Waals surface area contributed by atoms with E-state index in [-0.39, 0.29) is 12.5 Å². The zero-order chi connectivity index (χ0) is 15.9. The standard InChI is InChI=1S/C17H20ClN3O/c1-3-13-7-4-5-9-15(13)20-17(22)12-21(2)11-16-14(18)8-6-10-19-16/h4-10H,3,11-12H2,1-2H3,(H,20,22). The molecule has 1 N–H and O–H groups in total. The summed E-state index contributed by atoms with van der Waals surface area (Å²) >= 11 is 6.08. The Labute approximate surface area is 136 Å². The van der Waals surface area contributed by atoms with E-state index >= 15 is 0 Å². The summed E-state index contributed by atoms with van der Waals surface area (Å²) in [6.45, 7) is 2.88.